The lowest BCUT2D eigenvalue weighted by molar-refractivity contribution is -0.138. The standard InChI is InChI=1S/C28H28BrN3O4/c1-14-6-9-19(15(2)10-14)32-20-12-27(3,4)13-21(33)22(20)28(23(24(32)30)25(34)36-5)17-11-16(29)7-8-18(17)31-26(28)35/h6-11H,12-13,30H2,1-5H3,(H,31,35). The number of carbonyl (C=O) groups excluding carboxylic acids is 3. The Morgan fingerprint density at radius 3 is 2.50 bits per heavy atom. The summed E-state index contributed by atoms with van der Waals surface area (Å²) < 4.78 is 5.91. The highest BCUT2D eigenvalue weighted by molar-refractivity contribution is 9.10. The summed E-state index contributed by atoms with van der Waals surface area (Å²) in [5, 5.41) is 2.90. The lowest BCUT2D eigenvalue weighted by Gasteiger charge is -2.47. The minimum atomic E-state index is -1.71. The zero-order valence-corrected chi connectivity index (χ0v) is 22.5. The highest BCUT2D eigenvalue weighted by Crippen LogP contribution is 2.57. The number of aryl methyl sites for hydroxylation is 2. The molecule has 0 saturated heterocycles. The third kappa shape index (κ3) is 3.27. The number of ketones is 1. The van der Waals surface area contributed by atoms with Crippen molar-refractivity contribution >= 4 is 45.0 Å². The monoisotopic (exact) mass is 549 g/mol. The Bertz CT molecular complexity index is 1440. The number of amides is 1. The number of anilines is 2. The van der Waals surface area contributed by atoms with Crippen molar-refractivity contribution in [1.29, 1.82) is 0 Å². The van der Waals surface area contributed by atoms with Crippen molar-refractivity contribution in [2.24, 2.45) is 11.1 Å². The summed E-state index contributed by atoms with van der Waals surface area (Å²) in [6.07, 6.45) is 0.730. The average molecular weight is 550 g/mol. The number of nitrogens with zero attached hydrogens (tertiary/aromatic N) is 1. The van der Waals surface area contributed by atoms with Crippen LogP contribution in [0.2, 0.25) is 0 Å². The maximum absolute atomic E-state index is 14.0. The topological polar surface area (TPSA) is 102 Å². The van der Waals surface area contributed by atoms with E-state index < -0.39 is 17.3 Å². The number of rotatable bonds is 2. The van der Waals surface area contributed by atoms with Gasteiger partial charge in [-0.05, 0) is 55.5 Å². The number of hydrogen-bond donors (Lipinski definition) is 2. The normalized spacial score (nSPS) is 22.6. The quantitative estimate of drug-likeness (QED) is 0.523. The van der Waals surface area contributed by atoms with Crippen LogP contribution in [0.4, 0.5) is 11.4 Å². The first kappa shape index (κ1) is 24.3. The summed E-state index contributed by atoms with van der Waals surface area (Å²) in [6, 6.07) is 11.2. The van der Waals surface area contributed by atoms with E-state index in [9.17, 15) is 14.4 Å². The lowest BCUT2D eigenvalue weighted by Crippen LogP contribution is -2.54. The molecule has 8 heteroatoms. The first-order chi connectivity index (χ1) is 16.9. The Balaban J connectivity index is 1.95. The van der Waals surface area contributed by atoms with Gasteiger partial charge in [-0.25, -0.2) is 4.79 Å². The maximum Gasteiger partial charge on any atom is 0.339 e. The average Bonchev–Trinajstić information content (AvgIpc) is 3.05. The van der Waals surface area contributed by atoms with Crippen LogP contribution in [0.5, 0.6) is 0 Å². The highest BCUT2D eigenvalue weighted by Gasteiger charge is 2.63. The fourth-order valence-corrected chi connectivity index (χ4v) is 6.30. The Kier molecular flexibility index (Phi) is 5.44. The van der Waals surface area contributed by atoms with Crippen molar-refractivity contribution in [3.63, 3.8) is 0 Å². The minimum Gasteiger partial charge on any atom is -0.466 e. The van der Waals surface area contributed by atoms with Crippen LogP contribution in [0.3, 0.4) is 0 Å². The van der Waals surface area contributed by atoms with E-state index in [0.29, 0.717) is 27.8 Å². The van der Waals surface area contributed by atoms with Crippen LogP contribution in [0.15, 0.2) is 63.5 Å². The molecule has 2 heterocycles. The zero-order valence-electron chi connectivity index (χ0n) is 20.9. The molecule has 3 aliphatic rings. The van der Waals surface area contributed by atoms with Gasteiger partial charge in [0.2, 0.25) is 5.91 Å². The van der Waals surface area contributed by atoms with E-state index in [1.807, 2.05) is 45.9 Å². The van der Waals surface area contributed by atoms with Crippen LogP contribution in [0.25, 0.3) is 0 Å². The number of fused-ring (bicyclic) bond motifs is 3. The number of nitrogens with one attached hydrogen (secondary N) is 1. The molecule has 1 amide bonds. The number of ether oxygens (including phenoxy) is 1. The molecule has 0 saturated carbocycles. The fraction of sp³-hybridized carbons (Fsp3) is 0.321. The molecule has 2 aromatic carbocycles. The zero-order chi connectivity index (χ0) is 26.2. The minimum absolute atomic E-state index is 0.0499. The first-order valence-electron chi connectivity index (χ1n) is 11.8. The molecule has 36 heavy (non-hydrogen) atoms. The molecule has 2 aromatic rings. The lowest BCUT2D eigenvalue weighted by atomic mass is 9.60. The molecule has 1 unspecified atom stereocenters. The smallest absolute Gasteiger partial charge is 0.339 e. The van der Waals surface area contributed by atoms with Gasteiger partial charge in [0.1, 0.15) is 16.8 Å². The molecule has 1 atom stereocenters. The van der Waals surface area contributed by atoms with Gasteiger partial charge in [-0.2, -0.15) is 0 Å². The van der Waals surface area contributed by atoms with Crippen LogP contribution in [0, 0.1) is 19.3 Å². The third-order valence-corrected chi connectivity index (χ3v) is 7.82. The number of Topliss-reactive ketones (excluding diaryl/α,β-unsaturated/α-hetero) is 1. The van der Waals surface area contributed by atoms with Gasteiger partial charge in [0, 0.05) is 33.4 Å². The number of carbonyl (C=O) groups is 3. The van der Waals surface area contributed by atoms with Crippen molar-refractivity contribution in [3.8, 4) is 0 Å². The SMILES string of the molecule is COC(=O)C1=C(N)N(c2ccc(C)cc2C)C2=C(C(=O)CC(C)(C)C2)C12C(=O)Nc1ccc(Br)cc12. The van der Waals surface area contributed by atoms with Crippen molar-refractivity contribution in [2.75, 3.05) is 17.3 Å². The van der Waals surface area contributed by atoms with Gasteiger partial charge >= 0.3 is 5.97 Å². The van der Waals surface area contributed by atoms with Crippen molar-refractivity contribution in [1.82, 2.24) is 0 Å². The summed E-state index contributed by atoms with van der Waals surface area (Å²) in [5.41, 5.74) is 9.43. The Morgan fingerprint density at radius 1 is 1.11 bits per heavy atom. The molecule has 5 rings (SSSR count). The third-order valence-electron chi connectivity index (χ3n) is 7.33. The van der Waals surface area contributed by atoms with E-state index in [2.05, 4.69) is 21.2 Å². The summed E-state index contributed by atoms with van der Waals surface area (Å²) in [5.74, 6) is -1.34. The Labute approximate surface area is 218 Å². The molecule has 0 aromatic heterocycles. The molecule has 1 aliphatic carbocycles. The largest absolute Gasteiger partial charge is 0.466 e. The van der Waals surface area contributed by atoms with E-state index in [-0.39, 0.29) is 34.6 Å². The first-order valence-corrected chi connectivity index (χ1v) is 12.6. The number of nitrogens with two attached hydrogens (primary N) is 1. The number of methoxy groups -OCH3 is 1. The molecule has 0 fully saturated rings. The van der Waals surface area contributed by atoms with Gasteiger partial charge in [-0.3, -0.25) is 14.5 Å². The van der Waals surface area contributed by atoms with E-state index in [1.165, 1.54) is 7.11 Å². The van der Waals surface area contributed by atoms with Gasteiger partial charge in [0.05, 0.1) is 12.8 Å². The second-order valence-corrected chi connectivity index (χ2v) is 11.4. The van der Waals surface area contributed by atoms with Crippen LogP contribution < -0.4 is 16.0 Å². The van der Waals surface area contributed by atoms with Crippen LogP contribution in [-0.4, -0.2) is 24.8 Å². The molecule has 1 spiro atoms. The number of esters is 1. The van der Waals surface area contributed by atoms with Crippen molar-refractivity contribution in [2.45, 2.75) is 46.0 Å². The van der Waals surface area contributed by atoms with Gasteiger partial charge in [-0.1, -0.05) is 47.5 Å². The molecule has 186 valence electrons. The molecule has 3 N–H and O–H groups in total. The van der Waals surface area contributed by atoms with E-state index >= 15 is 0 Å². The molecule has 0 bridgehead atoms. The van der Waals surface area contributed by atoms with Gasteiger partial charge in [0.15, 0.2) is 5.78 Å². The van der Waals surface area contributed by atoms with Crippen LogP contribution in [0.1, 0.15) is 43.4 Å². The molecular formula is C28H28BrN3O4. The summed E-state index contributed by atoms with van der Waals surface area (Å²) in [4.78, 5) is 43.3. The second-order valence-electron chi connectivity index (χ2n) is 10.5. The van der Waals surface area contributed by atoms with Crippen molar-refractivity contribution < 1.29 is 19.1 Å². The molecule has 2 aliphatic heterocycles. The van der Waals surface area contributed by atoms with Crippen molar-refractivity contribution in [3.05, 3.63) is 80.2 Å². The van der Waals surface area contributed by atoms with Crippen LogP contribution >= 0.6 is 15.9 Å². The highest BCUT2D eigenvalue weighted by atomic mass is 79.9. The Hall–Kier alpha value is -3.39. The predicted octanol–water partition coefficient (Wildman–Crippen LogP) is 4.76. The second kappa shape index (κ2) is 8.06. The molecular weight excluding hydrogens is 522 g/mol. The summed E-state index contributed by atoms with van der Waals surface area (Å²) in [6.45, 7) is 8.01. The number of hydrogen-bond acceptors (Lipinski definition) is 6. The summed E-state index contributed by atoms with van der Waals surface area (Å²) in [7, 11) is 1.25. The molecule has 0 radical (unpaired) electrons. The van der Waals surface area contributed by atoms with E-state index in [1.54, 1.807) is 23.1 Å². The summed E-state index contributed by atoms with van der Waals surface area (Å²) >= 11 is 3.50. The number of allylic oxidation sites excluding steroid dienone is 1. The molecule has 7 nitrogen and oxygen atoms in total. The van der Waals surface area contributed by atoms with Gasteiger partial charge < -0.3 is 15.8 Å². The Morgan fingerprint density at radius 2 is 1.83 bits per heavy atom. The maximum atomic E-state index is 14.0. The van der Waals surface area contributed by atoms with Gasteiger partial charge in [-0.15, -0.1) is 0 Å². The number of benzene rings is 2. The van der Waals surface area contributed by atoms with E-state index in [4.69, 9.17) is 10.5 Å². The number of halogens is 1. The van der Waals surface area contributed by atoms with Crippen LogP contribution in [-0.2, 0) is 24.5 Å². The van der Waals surface area contributed by atoms with Gasteiger partial charge in [0.25, 0.3) is 0 Å². The predicted molar refractivity (Wildman–Crippen MR) is 141 cm³/mol. The van der Waals surface area contributed by atoms with E-state index in [0.717, 1.165) is 16.8 Å². The fourth-order valence-electron chi connectivity index (χ4n) is 5.94.